The fourth-order valence-corrected chi connectivity index (χ4v) is 3.12. The Morgan fingerprint density at radius 3 is 2.62 bits per heavy atom. The summed E-state index contributed by atoms with van der Waals surface area (Å²) in [6.45, 7) is 9.46. The predicted molar refractivity (Wildman–Crippen MR) is 80.5 cm³/mol. The molecule has 21 heavy (non-hydrogen) atoms. The summed E-state index contributed by atoms with van der Waals surface area (Å²) < 4.78 is 10.8. The lowest BCUT2D eigenvalue weighted by molar-refractivity contribution is -0.146. The molecule has 0 spiro atoms. The van der Waals surface area contributed by atoms with Gasteiger partial charge in [0.15, 0.2) is 11.5 Å². The van der Waals surface area contributed by atoms with Crippen LogP contribution < -0.4 is 9.47 Å². The van der Waals surface area contributed by atoms with Crippen molar-refractivity contribution in [3.63, 3.8) is 0 Å². The number of hydrogen-bond donors (Lipinski definition) is 0. The number of fused-ring (bicyclic) bond motifs is 1. The van der Waals surface area contributed by atoms with Crippen molar-refractivity contribution in [1.82, 2.24) is 4.90 Å². The molecule has 2 aliphatic heterocycles. The number of likely N-dealkylation sites (tertiary alicyclic amines) is 1. The van der Waals surface area contributed by atoms with E-state index in [4.69, 9.17) is 9.47 Å². The number of carbonyl (C=O) groups is 1. The zero-order valence-corrected chi connectivity index (χ0v) is 13.2. The Morgan fingerprint density at radius 2 is 2.00 bits per heavy atom. The van der Waals surface area contributed by atoms with Gasteiger partial charge in [0.25, 0.3) is 0 Å². The van der Waals surface area contributed by atoms with Gasteiger partial charge in [-0.1, -0.05) is 19.9 Å². The summed E-state index contributed by atoms with van der Waals surface area (Å²) in [5.41, 5.74) is 0.431. The Labute approximate surface area is 126 Å². The first-order chi connectivity index (χ1) is 9.91. The number of hydrogen-bond acceptors (Lipinski definition) is 3. The van der Waals surface area contributed by atoms with Crippen molar-refractivity contribution >= 4 is 5.91 Å². The summed E-state index contributed by atoms with van der Waals surface area (Å²) in [5.74, 6) is 2.20. The zero-order chi connectivity index (χ0) is 15.2. The Hall–Kier alpha value is -1.71. The van der Waals surface area contributed by atoms with Crippen molar-refractivity contribution in [1.29, 1.82) is 0 Å². The van der Waals surface area contributed by atoms with Crippen LogP contribution in [-0.4, -0.2) is 30.2 Å². The second kappa shape index (κ2) is 4.93. The quantitative estimate of drug-likeness (QED) is 0.858. The first kappa shape index (κ1) is 14.2. The molecule has 114 valence electrons. The Kier molecular flexibility index (Phi) is 3.34. The summed E-state index contributed by atoms with van der Waals surface area (Å²) in [4.78, 5) is 14.9. The number of amides is 1. The minimum Gasteiger partial charge on any atom is -0.454 e. The first-order valence-corrected chi connectivity index (χ1v) is 7.62. The molecule has 1 aromatic carbocycles. The van der Waals surface area contributed by atoms with Crippen molar-refractivity contribution in [2.45, 2.75) is 45.6 Å². The minimum atomic E-state index is -0.547. The fraction of sp³-hybridized carbons (Fsp3) is 0.588. The maximum atomic E-state index is 12.9. The molecule has 0 saturated carbocycles. The molecule has 3 rings (SSSR count). The SMILES string of the molecule is CC(C)C1CCN1C(=O)C(C)(C)c1ccc2c(c1)OCO2. The number of ether oxygens (including phenoxy) is 2. The van der Waals surface area contributed by atoms with Crippen LogP contribution in [0, 0.1) is 5.92 Å². The summed E-state index contributed by atoms with van der Waals surface area (Å²) in [6, 6.07) is 6.17. The normalized spacial score (nSPS) is 20.6. The van der Waals surface area contributed by atoms with Crippen LogP contribution >= 0.6 is 0 Å². The lowest BCUT2D eigenvalue weighted by Crippen LogP contribution is -2.58. The molecule has 0 radical (unpaired) electrons. The van der Waals surface area contributed by atoms with Gasteiger partial charge in [0.05, 0.1) is 5.41 Å². The van der Waals surface area contributed by atoms with Crippen LogP contribution in [0.25, 0.3) is 0 Å². The molecular formula is C17H23NO3. The maximum Gasteiger partial charge on any atom is 0.232 e. The highest BCUT2D eigenvalue weighted by molar-refractivity contribution is 5.88. The Balaban J connectivity index is 1.84. The van der Waals surface area contributed by atoms with Crippen molar-refractivity contribution in [3.05, 3.63) is 23.8 Å². The number of nitrogens with zero attached hydrogens (tertiary/aromatic N) is 1. The summed E-state index contributed by atoms with van der Waals surface area (Å²) in [5, 5.41) is 0. The average molecular weight is 289 g/mol. The lowest BCUT2D eigenvalue weighted by atomic mass is 9.80. The molecule has 0 aromatic heterocycles. The van der Waals surface area contributed by atoms with Gasteiger partial charge in [-0.15, -0.1) is 0 Å². The highest BCUT2D eigenvalue weighted by Gasteiger charge is 2.42. The van der Waals surface area contributed by atoms with E-state index in [9.17, 15) is 4.79 Å². The summed E-state index contributed by atoms with van der Waals surface area (Å²) >= 11 is 0. The van der Waals surface area contributed by atoms with Gasteiger partial charge in [0.1, 0.15) is 0 Å². The highest BCUT2D eigenvalue weighted by Crippen LogP contribution is 2.38. The standard InChI is InChI=1S/C17H23NO3/c1-11(2)13-7-8-18(13)16(19)17(3,4)12-5-6-14-15(9-12)21-10-20-14/h5-6,9,11,13H,7-8,10H2,1-4H3. The van der Waals surface area contributed by atoms with Gasteiger partial charge in [-0.25, -0.2) is 0 Å². The second-order valence-electron chi connectivity index (χ2n) is 6.79. The van der Waals surface area contributed by atoms with Crippen LogP contribution in [0.4, 0.5) is 0 Å². The average Bonchev–Trinajstić information content (AvgIpc) is 2.83. The molecule has 1 atom stereocenters. The van der Waals surface area contributed by atoms with E-state index in [1.54, 1.807) is 0 Å². The summed E-state index contributed by atoms with van der Waals surface area (Å²) in [7, 11) is 0. The van der Waals surface area contributed by atoms with E-state index in [0.717, 1.165) is 30.0 Å². The van der Waals surface area contributed by atoms with Crippen molar-refractivity contribution < 1.29 is 14.3 Å². The second-order valence-corrected chi connectivity index (χ2v) is 6.79. The van der Waals surface area contributed by atoms with E-state index in [1.807, 2.05) is 36.9 Å². The topological polar surface area (TPSA) is 38.8 Å². The van der Waals surface area contributed by atoms with Gasteiger partial charge in [-0.3, -0.25) is 4.79 Å². The molecule has 2 heterocycles. The molecule has 1 fully saturated rings. The van der Waals surface area contributed by atoms with Crippen LogP contribution in [0.15, 0.2) is 18.2 Å². The third-order valence-electron chi connectivity index (χ3n) is 4.73. The van der Waals surface area contributed by atoms with Crippen LogP contribution in [-0.2, 0) is 10.2 Å². The van der Waals surface area contributed by atoms with Gasteiger partial charge >= 0.3 is 0 Å². The number of rotatable bonds is 3. The van der Waals surface area contributed by atoms with Crippen molar-refractivity contribution in [2.75, 3.05) is 13.3 Å². The fourth-order valence-electron chi connectivity index (χ4n) is 3.12. The molecule has 4 nitrogen and oxygen atoms in total. The van der Waals surface area contributed by atoms with E-state index in [0.29, 0.717) is 12.0 Å². The number of benzene rings is 1. The van der Waals surface area contributed by atoms with Crippen LogP contribution in [0.2, 0.25) is 0 Å². The van der Waals surface area contributed by atoms with E-state index >= 15 is 0 Å². The molecule has 4 heteroatoms. The van der Waals surface area contributed by atoms with Crippen LogP contribution in [0.3, 0.4) is 0 Å². The molecular weight excluding hydrogens is 266 g/mol. The molecule has 0 aliphatic carbocycles. The number of carbonyl (C=O) groups excluding carboxylic acids is 1. The predicted octanol–water partition coefficient (Wildman–Crippen LogP) is 2.95. The van der Waals surface area contributed by atoms with Crippen LogP contribution in [0.1, 0.15) is 39.7 Å². The zero-order valence-electron chi connectivity index (χ0n) is 13.2. The van der Waals surface area contributed by atoms with Gasteiger partial charge in [-0.2, -0.15) is 0 Å². The van der Waals surface area contributed by atoms with Gasteiger partial charge < -0.3 is 14.4 Å². The van der Waals surface area contributed by atoms with Crippen LogP contribution in [0.5, 0.6) is 11.5 Å². The van der Waals surface area contributed by atoms with E-state index in [-0.39, 0.29) is 12.7 Å². The van der Waals surface area contributed by atoms with E-state index in [2.05, 4.69) is 13.8 Å². The van der Waals surface area contributed by atoms with Gasteiger partial charge in [0.2, 0.25) is 12.7 Å². The monoisotopic (exact) mass is 289 g/mol. The van der Waals surface area contributed by atoms with E-state index in [1.165, 1.54) is 0 Å². The molecule has 1 unspecified atom stereocenters. The lowest BCUT2D eigenvalue weighted by Gasteiger charge is -2.47. The minimum absolute atomic E-state index is 0.200. The molecule has 1 amide bonds. The van der Waals surface area contributed by atoms with E-state index < -0.39 is 5.41 Å². The first-order valence-electron chi connectivity index (χ1n) is 7.62. The third kappa shape index (κ3) is 2.27. The smallest absolute Gasteiger partial charge is 0.232 e. The van der Waals surface area contributed by atoms with Crippen molar-refractivity contribution in [2.24, 2.45) is 5.92 Å². The molecule has 0 N–H and O–H groups in total. The maximum absolute atomic E-state index is 12.9. The van der Waals surface area contributed by atoms with Crippen molar-refractivity contribution in [3.8, 4) is 11.5 Å². The van der Waals surface area contributed by atoms with Gasteiger partial charge in [0, 0.05) is 12.6 Å². The summed E-state index contributed by atoms with van der Waals surface area (Å²) in [6.07, 6.45) is 1.11. The molecule has 2 aliphatic rings. The molecule has 1 saturated heterocycles. The highest BCUT2D eigenvalue weighted by atomic mass is 16.7. The van der Waals surface area contributed by atoms with Gasteiger partial charge in [-0.05, 0) is 43.9 Å². The molecule has 1 aromatic rings. The third-order valence-corrected chi connectivity index (χ3v) is 4.73. The Morgan fingerprint density at radius 1 is 1.29 bits per heavy atom. The largest absolute Gasteiger partial charge is 0.454 e. The Bertz CT molecular complexity index is 565. The molecule has 0 bridgehead atoms.